The number of carbonyl (C=O) groups is 1. The number of alkyl halides is 2. The molecule has 0 bridgehead atoms. The van der Waals surface area contributed by atoms with Crippen LogP contribution < -0.4 is 0 Å². The van der Waals surface area contributed by atoms with Crippen LogP contribution in [0.1, 0.15) is 34.6 Å². The summed E-state index contributed by atoms with van der Waals surface area (Å²) < 4.78 is 41.4. The maximum absolute atomic E-state index is 13.7. The predicted molar refractivity (Wildman–Crippen MR) is 83.1 cm³/mol. The third-order valence-electron chi connectivity index (χ3n) is 4.53. The zero-order valence-corrected chi connectivity index (χ0v) is 15.0. The van der Waals surface area contributed by atoms with Crippen molar-refractivity contribution in [2.24, 2.45) is 5.92 Å². The van der Waals surface area contributed by atoms with Crippen molar-refractivity contribution in [1.82, 2.24) is 0 Å². The van der Waals surface area contributed by atoms with E-state index in [-0.39, 0.29) is 18.1 Å². The first-order valence-electron chi connectivity index (χ1n) is 8.27. The van der Waals surface area contributed by atoms with E-state index in [2.05, 4.69) is 4.74 Å². The van der Waals surface area contributed by atoms with Crippen molar-refractivity contribution in [1.29, 1.82) is 0 Å². The molecule has 2 saturated heterocycles. The SMILES string of the molecule is CC(=O)O[C@@H]1[C@@H](F)[C@@H](C)C(C)O[C@H]1C.C[C@@H]1OC(O)[C@H](O)[C@H](F)[C@H]1O. The Morgan fingerprint density at radius 3 is 1.96 bits per heavy atom. The highest BCUT2D eigenvalue weighted by Gasteiger charge is 2.43. The minimum Gasteiger partial charge on any atom is -0.457 e. The Bertz CT molecular complexity index is 425. The molecule has 2 aliphatic heterocycles. The van der Waals surface area contributed by atoms with Gasteiger partial charge in [-0.25, -0.2) is 8.78 Å². The zero-order valence-electron chi connectivity index (χ0n) is 15.0. The fraction of sp³-hybridized carbons (Fsp3) is 0.938. The summed E-state index contributed by atoms with van der Waals surface area (Å²) in [6, 6.07) is 0. The van der Waals surface area contributed by atoms with Gasteiger partial charge in [0, 0.05) is 12.8 Å². The highest BCUT2D eigenvalue weighted by atomic mass is 19.1. The first kappa shape index (κ1) is 22.2. The summed E-state index contributed by atoms with van der Waals surface area (Å²) in [6.45, 7) is 8.02. The van der Waals surface area contributed by atoms with Crippen molar-refractivity contribution in [3.05, 3.63) is 0 Å². The van der Waals surface area contributed by atoms with Gasteiger partial charge < -0.3 is 29.5 Å². The van der Waals surface area contributed by atoms with E-state index in [0.717, 1.165) is 0 Å². The molecule has 25 heavy (non-hydrogen) atoms. The Balaban J connectivity index is 0.000000257. The molecule has 2 heterocycles. The van der Waals surface area contributed by atoms with Gasteiger partial charge in [-0.15, -0.1) is 0 Å². The van der Waals surface area contributed by atoms with Gasteiger partial charge in [0.2, 0.25) is 0 Å². The minimum absolute atomic E-state index is 0.133. The molecule has 2 fully saturated rings. The second-order valence-electron chi connectivity index (χ2n) is 6.58. The molecule has 0 aromatic rings. The van der Waals surface area contributed by atoms with Gasteiger partial charge in [-0.2, -0.15) is 0 Å². The molecule has 0 saturated carbocycles. The highest BCUT2D eigenvalue weighted by molar-refractivity contribution is 5.66. The van der Waals surface area contributed by atoms with Crippen LogP contribution in [0, 0.1) is 5.92 Å². The first-order valence-corrected chi connectivity index (χ1v) is 8.27. The molecule has 0 radical (unpaired) electrons. The lowest BCUT2D eigenvalue weighted by Crippen LogP contribution is -2.54. The van der Waals surface area contributed by atoms with Crippen LogP contribution in [-0.4, -0.2) is 76.5 Å². The molecule has 0 spiro atoms. The molecule has 7 nitrogen and oxygen atoms in total. The van der Waals surface area contributed by atoms with Crippen molar-refractivity contribution < 1.29 is 43.1 Å². The number of halogens is 2. The number of aliphatic hydroxyl groups is 3. The van der Waals surface area contributed by atoms with Gasteiger partial charge in [0.25, 0.3) is 0 Å². The number of ether oxygens (including phenoxy) is 3. The van der Waals surface area contributed by atoms with Crippen molar-refractivity contribution >= 4 is 5.97 Å². The molecule has 0 aromatic carbocycles. The smallest absolute Gasteiger partial charge is 0.303 e. The number of hydrogen-bond donors (Lipinski definition) is 3. The van der Waals surface area contributed by atoms with E-state index in [1.54, 1.807) is 13.8 Å². The fourth-order valence-corrected chi connectivity index (χ4v) is 2.71. The van der Waals surface area contributed by atoms with Crippen LogP contribution in [0.4, 0.5) is 8.78 Å². The summed E-state index contributed by atoms with van der Waals surface area (Å²) in [5.74, 6) is -0.703. The van der Waals surface area contributed by atoms with E-state index in [4.69, 9.17) is 24.8 Å². The number of aliphatic hydroxyl groups excluding tert-OH is 3. The second-order valence-corrected chi connectivity index (χ2v) is 6.58. The largest absolute Gasteiger partial charge is 0.457 e. The molecule has 2 rings (SSSR count). The summed E-state index contributed by atoms with van der Waals surface area (Å²) in [5, 5.41) is 26.6. The lowest BCUT2D eigenvalue weighted by molar-refractivity contribution is -0.265. The van der Waals surface area contributed by atoms with Gasteiger partial charge >= 0.3 is 5.97 Å². The van der Waals surface area contributed by atoms with E-state index in [9.17, 15) is 13.6 Å². The average Bonchev–Trinajstić information content (AvgIpc) is 2.53. The maximum Gasteiger partial charge on any atom is 0.303 e. The molecule has 0 aliphatic carbocycles. The zero-order chi connectivity index (χ0) is 19.5. The molecular formula is C16H28F2O7. The molecular weight excluding hydrogens is 342 g/mol. The molecule has 3 N–H and O–H groups in total. The number of rotatable bonds is 1. The van der Waals surface area contributed by atoms with Crippen molar-refractivity contribution in [2.45, 2.75) is 89.9 Å². The Morgan fingerprint density at radius 1 is 0.880 bits per heavy atom. The second kappa shape index (κ2) is 9.18. The number of esters is 1. The van der Waals surface area contributed by atoms with Crippen molar-refractivity contribution in [3.63, 3.8) is 0 Å². The molecule has 10 atom stereocenters. The van der Waals surface area contributed by atoms with Gasteiger partial charge in [-0.3, -0.25) is 4.79 Å². The van der Waals surface area contributed by atoms with Crippen LogP contribution in [0.25, 0.3) is 0 Å². The lowest BCUT2D eigenvalue weighted by Gasteiger charge is -2.39. The highest BCUT2D eigenvalue weighted by Crippen LogP contribution is 2.29. The fourth-order valence-electron chi connectivity index (χ4n) is 2.71. The predicted octanol–water partition coefficient (Wildman–Crippen LogP) is 0.483. The number of hydrogen-bond acceptors (Lipinski definition) is 7. The van der Waals surface area contributed by atoms with Crippen LogP contribution in [0.2, 0.25) is 0 Å². The average molecular weight is 370 g/mol. The normalized spacial score (nSPS) is 47.4. The number of carbonyl (C=O) groups excluding carboxylic acids is 1. The van der Waals surface area contributed by atoms with E-state index < -0.39 is 49.0 Å². The van der Waals surface area contributed by atoms with Gasteiger partial charge in [-0.1, -0.05) is 6.92 Å². The summed E-state index contributed by atoms with van der Waals surface area (Å²) >= 11 is 0. The molecule has 148 valence electrons. The summed E-state index contributed by atoms with van der Waals surface area (Å²) in [7, 11) is 0. The van der Waals surface area contributed by atoms with Gasteiger partial charge in [-0.05, 0) is 20.8 Å². The minimum atomic E-state index is -1.84. The van der Waals surface area contributed by atoms with Crippen LogP contribution in [0.3, 0.4) is 0 Å². The van der Waals surface area contributed by atoms with E-state index in [1.807, 2.05) is 6.92 Å². The van der Waals surface area contributed by atoms with Gasteiger partial charge in [0.05, 0.1) is 18.3 Å². The Kier molecular flexibility index (Phi) is 8.14. The van der Waals surface area contributed by atoms with Crippen LogP contribution >= 0.6 is 0 Å². The van der Waals surface area contributed by atoms with E-state index >= 15 is 0 Å². The van der Waals surface area contributed by atoms with Gasteiger partial charge in [0.15, 0.2) is 18.6 Å². The third kappa shape index (κ3) is 5.55. The molecule has 0 aromatic heterocycles. The summed E-state index contributed by atoms with van der Waals surface area (Å²) in [5.41, 5.74) is 0. The Hall–Kier alpha value is -0.870. The summed E-state index contributed by atoms with van der Waals surface area (Å²) in [6.07, 6.45) is -9.60. The van der Waals surface area contributed by atoms with Crippen LogP contribution in [0.5, 0.6) is 0 Å². The molecule has 2 aliphatic rings. The van der Waals surface area contributed by atoms with E-state index in [0.29, 0.717) is 0 Å². The lowest BCUT2D eigenvalue weighted by atomic mass is 9.90. The van der Waals surface area contributed by atoms with Crippen molar-refractivity contribution in [2.75, 3.05) is 0 Å². The quantitative estimate of drug-likeness (QED) is 0.577. The monoisotopic (exact) mass is 370 g/mol. The topological polar surface area (TPSA) is 105 Å². The molecule has 9 heteroatoms. The van der Waals surface area contributed by atoms with Crippen LogP contribution in [-0.2, 0) is 19.0 Å². The maximum atomic E-state index is 13.7. The first-order chi connectivity index (χ1) is 11.5. The molecule has 0 amide bonds. The summed E-state index contributed by atoms with van der Waals surface area (Å²) in [4.78, 5) is 10.7. The van der Waals surface area contributed by atoms with Crippen LogP contribution in [0.15, 0.2) is 0 Å². The van der Waals surface area contributed by atoms with Gasteiger partial charge in [0.1, 0.15) is 18.4 Å². The van der Waals surface area contributed by atoms with E-state index in [1.165, 1.54) is 13.8 Å². The third-order valence-corrected chi connectivity index (χ3v) is 4.53. The Morgan fingerprint density at radius 2 is 1.44 bits per heavy atom. The van der Waals surface area contributed by atoms with Crippen molar-refractivity contribution in [3.8, 4) is 0 Å². The Labute approximate surface area is 145 Å². The standard InChI is InChI=1S/C10H17FO3.C6H11FO4/c1-5-6(2)13-7(3)10(9(5)11)14-8(4)12;1-2-4(8)3(7)5(9)6(10)11-2/h5-7,9-10H,1-4H3;2-6,8-10H,1H3/t5-,6?,7-,9-,10-;2-,3+,4-,5+,6?/m00/s1. The molecule has 2 unspecified atom stereocenters.